The molecule has 0 atom stereocenters. The van der Waals surface area contributed by atoms with Gasteiger partial charge in [-0.3, -0.25) is 19.5 Å². The van der Waals surface area contributed by atoms with E-state index >= 15 is 0 Å². The standard InChI is InChI=1S/C22H25FN4O3/c23-19-5-1-2-6-20(19)30-16-21(28)27-14-18(15-27)22(29)26-10-8-25(9-11-26)13-17-4-3-7-24-12-17/h1-7,12,18H,8-11,13-16H2. The highest BCUT2D eigenvalue weighted by Crippen LogP contribution is 2.21. The predicted octanol–water partition coefficient (Wildman–Crippen LogP) is 1.40. The molecule has 2 aromatic rings. The van der Waals surface area contributed by atoms with Crippen molar-refractivity contribution in [3.63, 3.8) is 0 Å². The Morgan fingerprint density at radius 3 is 2.50 bits per heavy atom. The lowest BCUT2D eigenvalue weighted by Gasteiger charge is -2.42. The van der Waals surface area contributed by atoms with Gasteiger partial charge in [0.1, 0.15) is 0 Å². The van der Waals surface area contributed by atoms with E-state index < -0.39 is 5.82 Å². The molecule has 2 amide bonds. The topological polar surface area (TPSA) is 66.0 Å². The molecule has 0 radical (unpaired) electrons. The van der Waals surface area contributed by atoms with Gasteiger partial charge in [0.25, 0.3) is 5.91 Å². The number of amides is 2. The van der Waals surface area contributed by atoms with E-state index in [0.29, 0.717) is 26.2 Å². The van der Waals surface area contributed by atoms with Crippen LogP contribution in [-0.2, 0) is 16.1 Å². The first-order valence-electron chi connectivity index (χ1n) is 10.2. The number of nitrogens with zero attached hydrogens (tertiary/aromatic N) is 4. The van der Waals surface area contributed by atoms with E-state index in [1.165, 1.54) is 17.7 Å². The Hall–Kier alpha value is -3.00. The number of ether oxygens (including phenoxy) is 1. The molecule has 30 heavy (non-hydrogen) atoms. The molecule has 0 N–H and O–H groups in total. The van der Waals surface area contributed by atoms with Crippen molar-refractivity contribution in [1.29, 1.82) is 0 Å². The van der Waals surface area contributed by atoms with Crippen molar-refractivity contribution in [3.8, 4) is 5.75 Å². The van der Waals surface area contributed by atoms with Crippen molar-refractivity contribution in [2.45, 2.75) is 6.54 Å². The van der Waals surface area contributed by atoms with Gasteiger partial charge in [0.15, 0.2) is 18.2 Å². The van der Waals surface area contributed by atoms with Gasteiger partial charge in [0.05, 0.1) is 5.92 Å². The smallest absolute Gasteiger partial charge is 0.260 e. The third kappa shape index (κ3) is 4.76. The number of piperazine rings is 1. The number of carbonyl (C=O) groups is 2. The zero-order chi connectivity index (χ0) is 20.9. The van der Waals surface area contributed by atoms with E-state index in [1.54, 1.807) is 23.2 Å². The van der Waals surface area contributed by atoms with Gasteiger partial charge in [-0.2, -0.15) is 0 Å². The average molecular weight is 412 g/mol. The molecule has 1 aromatic heterocycles. The summed E-state index contributed by atoms with van der Waals surface area (Å²) >= 11 is 0. The van der Waals surface area contributed by atoms with Crippen LogP contribution >= 0.6 is 0 Å². The van der Waals surface area contributed by atoms with Crippen molar-refractivity contribution >= 4 is 11.8 Å². The molecule has 4 rings (SSSR count). The first-order chi connectivity index (χ1) is 14.6. The molecule has 2 fully saturated rings. The normalized spacial score (nSPS) is 17.5. The average Bonchev–Trinajstić information content (AvgIpc) is 2.73. The van der Waals surface area contributed by atoms with Gasteiger partial charge < -0.3 is 14.5 Å². The molecule has 0 aliphatic carbocycles. The van der Waals surface area contributed by atoms with Crippen LogP contribution < -0.4 is 4.74 Å². The molecule has 2 aliphatic rings. The summed E-state index contributed by atoms with van der Waals surface area (Å²) in [6.07, 6.45) is 3.63. The van der Waals surface area contributed by atoms with E-state index in [2.05, 4.69) is 16.0 Å². The fraction of sp³-hybridized carbons (Fsp3) is 0.409. The number of rotatable bonds is 6. The number of aromatic nitrogens is 1. The van der Waals surface area contributed by atoms with Crippen molar-refractivity contribution in [2.75, 3.05) is 45.9 Å². The number of hydrogen-bond acceptors (Lipinski definition) is 5. The number of carbonyl (C=O) groups excluding carboxylic acids is 2. The van der Waals surface area contributed by atoms with Crippen molar-refractivity contribution in [3.05, 3.63) is 60.2 Å². The zero-order valence-corrected chi connectivity index (χ0v) is 16.7. The van der Waals surface area contributed by atoms with Gasteiger partial charge in [0.2, 0.25) is 5.91 Å². The molecule has 0 spiro atoms. The maximum absolute atomic E-state index is 13.6. The summed E-state index contributed by atoms with van der Waals surface area (Å²) in [6, 6.07) is 9.97. The fourth-order valence-corrected chi connectivity index (χ4v) is 3.77. The third-order valence-electron chi connectivity index (χ3n) is 5.58. The highest BCUT2D eigenvalue weighted by molar-refractivity contribution is 5.85. The number of hydrogen-bond donors (Lipinski definition) is 0. The van der Waals surface area contributed by atoms with Crippen molar-refractivity contribution in [2.24, 2.45) is 5.92 Å². The number of para-hydroxylation sites is 1. The largest absolute Gasteiger partial charge is 0.481 e. The number of likely N-dealkylation sites (tertiary alicyclic amines) is 1. The molecule has 7 nitrogen and oxygen atoms in total. The van der Waals surface area contributed by atoms with Gasteiger partial charge >= 0.3 is 0 Å². The SMILES string of the molecule is O=C(COc1ccccc1F)N1CC(C(=O)N2CCN(Cc3cccnc3)CC2)C1. The molecule has 2 saturated heterocycles. The summed E-state index contributed by atoms with van der Waals surface area (Å²) in [5.74, 6) is -0.723. The summed E-state index contributed by atoms with van der Waals surface area (Å²) in [5, 5.41) is 0. The molecule has 3 heterocycles. The van der Waals surface area contributed by atoms with Gasteiger partial charge in [0, 0.05) is 58.2 Å². The van der Waals surface area contributed by atoms with Crippen LogP contribution in [0.1, 0.15) is 5.56 Å². The van der Waals surface area contributed by atoms with E-state index in [4.69, 9.17) is 4.74 Å². The Balaban J connectivity index is 1.17. The second-order valence-corrected chi connectivity index (χ2v) is 7.68. The Bertz CT molecular complexity index is 881. The van der Waals surface area contributed by atoms with Gasteiger partial charge in [-0.1, -0.05) is 18.2 Å². The number of pyridine rings is 1. The lowest BCUT2D eigenvalue weighted by atomic mass is 9.98. The van der Waals surface area contributed by atoms with E-state index in [-0.39, 0.29) is 30.1 Å². The van der Waals surface area contributed by atoms with Crippen LogP contribution in [0.5, 0.6) is 5.75 Å². The predicted molar refractivity (Wildman–Crippen MR) is 108 cm³/mol. The maximum atomic E-state index is 13.6. The Kier molecular flexibility index (Phi) is 6.23. The minimum absolute atomic E-state index is 0.0585. The lowest BCUT2D eigenvalue weighted by molar-refractivity contribution is -0.150. The van der Waals surface area contributed by atoms with E-state index in [1.807, 2.05) is 17.2 Å². The molecular weight excluding hydrogens is 387 g/mol. The molecule has 0 bridgehead atoms. The van der Waals surface area contributed by atoms with Crippen LogP contribution in [0.2, 0.25) is 0 Å². The van der Waals surface area contributed by atoms with Crippen LogP contribution in [0.15, 0.2) is 48.8 Å². The molecule has 8 heteroatoms. The van der Waals surface area contributed by atoms with Gasteiger partial charge in [-0.25, -0.2) is 4.39 Å². The highest BCUT2D eigenvalue weighted by Gasteiger charge is 2.38. The zero-order valence-electron chi connectivity index (χ0n) is 16.7. The minimum atomic E-state index is -0.496. The maximum Gasteiger partial charge on any atom is 0.260 e. The van der Waals surface area contributed by atoms with E-state index in [0.717, 1.165) is 19.6 Å². The van der Waals surface area contributed by atoms with Gasteiger partial charge in [-0.05, 0) is 23.8 Å². The van der Waals surface area contributed by atoms with Crippen molar-refractivity contribution < 1.29 is 18.7 Å². The van der Waals surface area contributed by atoms with Crippen LogP contribution in [0.4, 0.5) is 4.39 Å². The molecule has 1 aromatic carbocycles. The molecule has 0 saturated carbocycles. The van der Waals surface area contributed by atoms with Crippen LogP contribution in [0.25, 0.3) is 0 Å². The molecule has 0 unspecified atom stereocenters. The second-order valence-electron chi connectivity index (χ2n) is 7.68. The first-order valence-corrected chi connectivity index (χ1v) is 10.2. The third-order valence-corrected chi connectivity index (χ3v) is 5.58. The number of halogens is 1. The van der Waals surface area contributed by atoms with Crippen molar-refractivity contribution in [1.82, 2.24) is 19.7 Å². The summed E-state index contributed by atoms with van der Waals surface area (Å²) in [6.45, 7) is 4.44. The van der Waals surface area contributed by atoms with Gasteiger partial charge in [-0.15, -0.1) is 0 Å². The first kappa shape index (κ1) is 20.3. The summed E-state index contributed by atoms with van der Waals surface area (Å²) in [7, 11) is 0. The Labute approximate surface area is 175 Å². The summed E-state index contributed by atoms with van der Waals surface area (Å²) < 4.78 is 18.8. The summed E-state index contributed by atoms with van der Waals surface area (Å²) in [5.41, 5.74) is 1.17. The second kappa shape index (κ2) is 9.21. The quantitative estimate of drug-likeness (QED) is 0.718. The van der Waals surface area contributed by atoms with E-state index in [9.17, 15) is 14.0 Å². The lowest BCUT2D eigenvalue weighted by Crippen LogP contribution is -2.59. The summed E-state index contributed by atoms with van der Waals surface area (Å²) in [4.78, 5) is 34.9. The minimum Gasteiger partial charge on any atom is -0.481 e. The Morgan fingerprint density at radius 1 is 1.03 bits per heavy atom. The van der Waals surface area contributed by atoms with Crippen LogP contribution in [0.3, 0.4) is 0 Å². The fourth-order valence-electron chi connectivity index (χ4n) is 3.77. The van der Waals surface area contributed by atoms with Crippen LogP contribution in [0, 0.1) is 11.7 Å². The molecular formula is C22H25FN4O3. The molecule has 2 aliphatic heterocycles. The monoisotopic (exact) mass is 412 g/mol. The molecule has 158 valence electrons. The Morgan fingerprint density at radius 2 is 1.80 bits per heavy atom. The number of benzene rings is 1. The van der Waals surface area contributed by atoms with Crippen LogP contribution in [-0.4, -0.2) is 77.4 Å². The highest BCUT2D eigenvalue weighted by atomic mass is 19.1.